The monoisotopic (exact) mass is 276 g/mol. The Morgan fingerprint density at radius 3 is 2.29 bits per heavy atom. The average Bonchev–Trinajstić information content (AvgIpc) is 2.44. The Labute approximate surface area is 107 Å². The van der Waals surface area contributed by atoms with E-state index in [9.17, 15) is 8.42 Å². The minimum atomic E-state index is -3.09. The second-order valence-corrected chi connectivity index (χ2v) is 8.74. The molecule has 1 heterocycles. The molecular formula is C11H20N2O2S2. The molecule has 1 aromatic heterocycles. The van der Waals surface area contributed by atoms with Crippen LogP contribution in [0.4, 0.5) is 0 Å². The average molecular weight is 276 g/mol. The van der Waals surface area contributed by atoms with E-state index >= 15 is 0 Å². The fourth-order valence-electron chi connectivity index (χ4n) is 1.45. The van der Waals surface area contributed by atoms with Gasteiger partial charge in [0.15, 0.2) is 9.84 Å². The SMILES string of the molecule is Cc1nc(CS(=O)(=O)C(C)C)sc1C(C)(C)N. The zero-order chi connectivity index (χ0) is 13.4. The topological polar surface area (TPSA) is 73.0 Å². The first-order chi connectivity index (χ1) is 7.54. The van der Waals surface area contributed by atoms with Gasteiger partial charge in [-0.2, -0.15) is 0 Å². The van der Waals surface area contributed by atoms with Gasteiger partial charge in [0.2, 0.25) is 0 Å². The molecule has 4 nitrogen and oxygen atoms in total. The number of aromatic nitrogens is 1. The minimum Gasteiger partial charge on any atom is -0.321 e. The van der Waals surface area contributed by atoms with Crippen LogP contribution in [0.15, 0.2) is 0 Å². The first kappa shape index (κ1) is 14.6. The normalized spacial score (nSPS) is 13.4. The van der Waals surface area contributed by atoms with Crippen LogP contribution in [0.1, 0.15) is 43.3 Å². The Kier molecular flexibility index (Phi) is 4.01. The van der Waals surface area contributed by atoms with Gasteiger partial charge in [-0.15, -0.1) is 11.3 Å². The van der Waals surface area contributed by atoms with E-state index in [4.69, 9.17) is 5.73 Å². The molecule has 0 radical (unpaired) electrons. The highest BCUT2D eigenvalue weighted by molar-refractivity contribution is 7.91. The lowest BCUT2D eigenvalue weighted by Crippen LogP contribution is -2.28. The van der Waals surface area contributed by atoms with Gasteiger partial charge in [-0.3, -0.25) is 0 Å². The molecule has 6 heteroatoms. The van der Waals surface area contributed by atoms with Crippen LogP contribution in [0.3, 0.4) is 0 Å². The molecular weight excluding hydrogens is 256 g/mol. The highest BCUT2D eigenvalue weighted by Gasteiger charge is 2.24. The van der Waals surface area contributed by atoms with E-state index < -0.39 is 15.4 Å². The van der Waals surface area contributed by atoms with Gasteiger partial charge in [-0.05, 0) is 34.6 Å². The zero-order valence-electron chi connectivity index (χ0n) is 10.9. The van der Waals surface area contributed by atoms with Gasteiger partial charge in [0.25, 0.3) is 0 Å². The van der Waals surface area contributed by atoms with Crippen LogP contribution in [0.2, 0.25) is 0 Å². The number of sulfone groups is 1. The van der Waals surface area contributed by atoms with Crippen LogP contribution in [0, 0.1) is 6.92 Å². The van der Waals surface area contributed by atoms with Crippen molar-refractivity contribution in [3.8, 4) is 0 Å². The highest BCUT2D eigenvalue weighted by Crippen LogP contribution is 2.29. The van der Waals surface area contributed by atoms with E-state index in [2.05, 4.69) is 4.98 Å². The summed E-state index contributed by atoms with van der Waals surface area (Å²) in [5.74, 6) is 0.00620. The smallest absolute Gasteiger partial charge is 0.159 e. The molecule has 0 amide bonds. The van der Waals surface area contributed by atoms with Gasteiger partial charge in [0.05, 0.1) is 10.9 Å². The third-order valence-corrected chi connectivity index (χ3v) is 6.26. The molecule has 0 aromatic carbocycles. The van der Waals surface area contributed by atoms with Crippen molar-refractivity contribution in [3.05, 3.63) is 15.6 Å². The van der Waals surface area contributed by atoms with Gasteiger partial charge in [0, 0.05) is 10.4 Å². The molecule has 0 atom stereocenters. The quantitative estimate of drug-likeness (QED) is 0.912. The predicted octanol–water partition coefficient (Wildman–Crippen LogP) is 1.97. The van der Waals surface area contributed by atoms with Crippen molar-refractivity contribution in [2.45, 2.75) is 51.2 Å². The van der Waals surface area contributed by atoms with Crippen molar-refractivity contribution in [1.29, 1.82) is 0 Å². The number of aryl methyl sites for hydroxylation is 1. The van der Waals surface area contributed by atoms with Crippen molar-refractivity contribution in [2.75, 3.05) is 0 Å². The maximum Gasteiger partial charge on any atom is 0.159 e. The molecule has 0 unspecified atom stereocenters. The Balaban J connectivity index is 3.05. The Bertz CT molecular complexity index is 496. The fourth-order valence-corrected chi connectivity index (χ4v) is 3.80. The van der Waals surface area contributed by atoms with Crippen LogP contribution in [-0.4, -0.2) is 18.7 Å². The summed E-state index contributed by atoms with van der Waals surface area (Å²) in [7, 11) is -3.09. The van der Waals surface area contributed by atoms with Crippen molar-refractivity contribution in [3.63, 3.8) is 0 Å². The molecule has 0 aliphatic rings. The van der Waals surface area contributed by atoms with Crippen LogP contribution >= 0.6 is 11.3 Å². The molecule has 98 valence electrons. The van der Waals surface area contributed by atoms with E-state index in [-0.39, 0.29) is 11.0 Å². The highest BCUT2D eigenvalue weighted by atomic mass is 32.2. The zero-order valence-corrected chi connectivity index (χ0v) is 12.6. The van der Waals surface area contributed by atoms with E-state index in [0.29, 0.717) is 5.01 Å². The summed E-state index contributed by atoms with van der Waals surface area (Å²) in [6.07, 6.45) is 0. The van der Waals surface area contributed by atoms with Crippen molar-refractivity contribution < 1.29 is 8.42 Å². The standard InChI is InChI=1S/C11H20N2O2S2/c1-7(2)17(14,15)6-9-13-8(3)10(16-9)11(4,5)12/h7H,6,12H2,1-5H3. The first-order valence-corrected chi connectivity index (χ1v) is 8.04. The molecule has 0 bridgehead atoms. The van der Waals surface area contributed by atoms with Crippen molar-refractivity contribution in [1.82, 2.24) is 4.98 Å². The number of nitrogens with zero attached hydrogens (tertiary/aromatic N) is 1. The Morgan fingerprint density at radius 2 is 1.94 bits per heavy atom. The number of rotatable bonds is 4. The molecule has 1 rings (SSSR count). The maximum absolute atomic E-state index is 11.8. The molecule has 0 saturated heterocycles. The lowest BCUT2D eigenvalue weighted by Gasteiger charge is -2.16. The summed E-state index contributed by atoms with van der Waals surface area (Å²) >= 11 is 1.40. The molecule has 17 heavy (non-hydrogen) atoms. The van der Waals surface area contributed by atoms with E-state index in [0.717, 1.165) is 10.6 Å². The molecule has 0 aliphatic heterocycles. The lowest BCUT2D eigenvalue weighted by molar-refractivity contribution is 0.562. The summed E-state index contributed by atoms with van der Waals surface area (Å²) in [5.41, 5.74) is 6.37. The van der Waals surface area contributed by atoms with Gasteiger partial charge < -0.3 is 5.73 Å². The third kappa shape index (κ3) is 3.50. The molecule has 2 N–H and O–H groups in total. The third-order valence-electron chi connectivity index (χ3n) is 2.47. The maximum atomic E-state index is 11.8. The largest absolute Gasteiger partial charge is 0.321 e. The second kappa shape index (κ2) is 4.66. The number of hydrogen-bond acceptors (Lipinski definition) is 5. The molecule has 0 fully saturated rings. The fraction of sp³-hybridized carbons (Fsp3) is 0.727. The molecule has 0 aliphatic carbocycles. The van der Waals surface area contributed by atoms with Crippen LogP contribution in [0.5, 0.6) is 0 Å². The second-order valence-electron chi connectivity index (χ2n) is 5.10. The molecule has 1 aromatic rings. The summed E-state index contributed by atoms with van der Waals surface area (Å²) in [6, 6.07) is 0. The summed E-state index contributed by atoms with van der Waals surface area (Å²) in [6.45, 7) is 9.03. The molecule has 0 spiro atoms. The van der Waals surface area contributed by atoms with Gasteiger partial charge >= 0.3 is 0 Å². The van der Waals surface area contributed by atoms with Gasteiger partial charge in [-0.1, -0.05) is 0 Å². The summed E-state index contributed by atoms with van der Waals surface area (Å²) < 4.78 is 23.6. The van der Waals surface area contributed by atoms with Gasteiger partial charge in [0.1, 0.15) is 10.8 Å². The van der Waals surface area contributed by atoms with E-state index in [1.807, 2.05) is 20.8 Å². The van der Waals surface area contributed by atoms with Crippen molar-refractivity contribution >= 4 is 21.2 Å². The first-order valence-electron chi connectivity index (χ1n) is 5.51. The van der Waals surface area contributed by atoms with Crippen molar-refractivity contribution in [2.24, 2.45) is 5.73 Å². The number of nitrogens with two attached hydrogens (primary N) is 1. The lowest BCUT2D eigenvalue weighted by atomic mass is 10.0. The minimum absolute atomic E-state index is 0.00620. The van der Waals surface area contributed by atoms with Crippen LogP contribution < -0.4 is 5.73 Å². The number of hydrogen-bond donors (Lipinski definition) is 1. The Hall–Kier alpha value is -0.460. The molecule has 0 saturated carbocycles. The van der Waals surface area contributed by atoms with Crippen LogP contribution in [0.25, 0.3) is 0 Å². The van der Waals surface area contributed by atoms with Crippen LogP contribution in [-0.2, 0) is 21.1 Å². The van der Waals surface area contributed by atoms with Gasteiger partial charge in [-0.25, -0.2) is 13.4 Å². The summed E-state index contributed by atoms with van der Waals surface area (Å²) in [5, 5.41) is 0.255. The Morgan fingerprint density at radius 1 is 1.41 bits per heavy atom. The number of thiazole rings is 1. The van der Waals surface area contributed by atoms with E-state index in [1.54, 1.807) is 13.8 Å². The summed E-state index contributed by atoms with van der Waals surface area (Å²) in [4.78, 5) is 5.25. The van der Waals surface area contributed by atoms with E-state index in [1.165, 1.54) is 11.3 Å². The predicted molar refractivity (Wildman–Crippen MR) is 71.8 cm³/mol.